The van der Waals surface area contributed by atoms with Crippen molar-refractivity contribution in [3.63, 3.8) is 0 Å². The van der Waals surface area contributed by atoms with E-state index in [2.05, 4.69) is 5.32 Å². The van der Waals surface area contributed by atoms with E-state index in [0.717, 1.165) is 21.9 Å². The van der Waals surface area contributed by atoms with Gasteiger partial charge in [-0.1, -0.05) is 55.0 Å². The van der Waals surface area contributed by atoms with Crippen LogP contribution in [0, 0.1) is 6.92 Å². The summed E-state index contributed by atoms with van der Waals surface area (Å²) < 4.78 is 33.9. The Hall–Kier alpha value is -3.85. The first-order chi connectivity index (χ1) is 18.6. The van der Waals surface area contributed by atoms with E-state index in [4.69, 9.17) is 4.74 Å². The quantitative estimate of drug-likeness (QED) is 0.357. The van der Waals surface area contributed by atoms with Crippen molar-refractivity contribution in [3.05, 3.63) is 90.0 Å². The van der Waals surface area contributed by atoms with Crippen LogP contribution in [0.15, 0.2) is 83.8 Å². The van der Waals surface area contributed by atoms with Gasteiger partial charge in [0.1, 0.15) is 18.3 Å². The molecule has 0 aliphatic carbocycles. The number of benzene rings is 3. The number of amides is 2. The average Bonchev–Trinajstić information content (AvgIpc) is 2.94. The highest BCUT2D eigenvalue weighted by molar-refractivity contribution is 7.92. The number of rotatable bonds is 12. The molecular weight excluding hydrogens is 514 g/mol. The number of aryl methyl sites for hydroxylation is 1. The summed E-state index contributed by atoms with van der Waals surface area (Å²) >= 11 is 0. The van der Waals surface area contributed by atoms with Gasteiger partial charge in [0.25, 0.3) is 10.0 Å². The lowest BCUT2D eigenvalue weighted by Crippen LogP contribution is -2.52. The van der Waals surface area contributed by atoms with Crippen LogP contribution in [0.3, 0.4) is 0 Å². The number of hydrogen-bond donors (Lipinski definition) is 1. The molecule has 9 heteroatoms. The summed E-state index contributed by atoms with van der Waals surface area (Å²) in [5.41, 5.74) is 2.16. The normalized spacial score (nSPS) is 12.7. The Labute approximate surface area is 231 Å². The monoisotopic (exact) mass is 551 g/mol. The topological polar surface area (TPSA) is 96.0 Å². The smallest absolute Gasteiger partial charge is 0.264 e. The van der Waals surface area contributed by atoms with Gasteiger partial charge in [0.05, 0.1) is 17.7 Å². The van der Waals surface area contributed by atoms with Crippen LogP contribution in [0.4, 0.5) is 5.69 Å². The summed E-state index contributed by atoms with van der Waals surface area (Å²) in [6.45, 7) is 7.14. The first kappa shape index (κ1) is 29.7. The van der Waals surface area contributed by atoms with Crippen molar-refractivity contribution in [2.45, 2.75) is 57.6 Å². The van der Waals surface area contributed by atoms with Crippen LogP contribution < -0.4 is 14.4 Å². The average molecular weight is 552 g/mol. The molecule has 0 unspecified atom stereocenters. The number of hydrogen-bond acceptors (Lipinski definition) is 5. The van der Waals surface area contributed by atoms with Gasteiger partial charge in [0, 0.05) is 12.6 Å². The molecule has 0 aliphatic rings. The highest BCUT2D eigenvalue weighted by Gasteiger charge is 2.32. The molecule has 0 fully saturated rings. The minimum Gasteiger partial charge on any atom is -0.497 e. The molecule has 3 aromatic carbocycles. The minimum absolute atomic E-state index is 0.0569. The zero-order chi connectivity index (χ0) is 28.6. The Morgan fingerprint density at radius 1 is 0.949 bits per heavy atom. The van der Waals surface area contributed by atoms with Crippen LogP contribution in [0.1, 0.15) is 38.3 Å². The second-order valence-corrected chi connectivity index (χ2v) is 11.4. The highest BCUT2D eigenvalue weighted by Crippen LogP contribution is 2.26. The van der Waals surface area contributed by atoms with Crippen LogP contribution in [0.5, 0.6) is 5.75 Å². The van der Waals surface area contributed by atoms with Gasteiger partial charge in [-0.2, -0.15) is 0 Å². The van der Waals surface area contributed by atoms with Crippen LogP contribution in [0.2, 0.25) is 0 Å². The van der Waals surface area contributed by atoms with Gasteiger partial charge in [0.15, 0.2) is 0 Å². The number of nitrogens with zero attached hydrogens (tertiary/aromatic N) is 2. The molecule has 3 aromatic rings. The third-order valence-corrected chi connectivity index (χ3v) is 8.36. The van der Waals surface area contributed by atoms with Crippen LogP contribution in [-0.2, 0) is 26.2 Å². The Balaban J connectivity index is 2.02. The number of methoxy groups -OCH3 is 1. The van der Waals surface area contributed by atoms with Crippen molar-refractivity contribution in [2.24, 2.45) is 0 Å². The van der Waals surface area contributed by atoms with E-state index >= 15 is 0 Å². The zero-order valence-electron chi connectivity index (χ0n) is 23.1. The molecular formula is C30H37N3O5S. The number of carbonyl (C=O) groups is 2. The second-order valence-electron chi connectivity index (χ2n) is 9.53. The lowest BCUT2D eigenvalue weighted by Gasteiger charge is -2.32. The van der Waals surface area contributed by atoms with Gasteiger partial charge >= 0.3 is 0 Å². The molecule has 0 saturated heterocycles. The fourth-order valence-corrected chi connectivity index (χ4v) is 5.49. The van der Waals surface area contributed by atoms with E-state index < -0.39 is 28.5 Å². The summed E-state index contributed by atoms with van der Waals surface area (Å²) in [7, 11) is -2.59. The van der Waals surface area contributed by atoms with Gasteiger partial charge in [-0.15, -0.1) is 0 Å². The first-order valence-corrected chi connectivity index (χ1v) is 14.4. The molecule has 39 heavy (non-hydrogen) atoms. The number of anilines is 1. The summed E-state index contributed by atoms with van der Waals surface area (Å²) in [6, 6.07) is 21.2. The van der Waals surface area contributed by atoms with E-state index in [9.17, 15) is 18.0 Å². The SMILES string of the molecule is CC[C@H](C)NC(=O)[C@H](C)N(Cc1cccc(C)c1)C(=O)CN(c1ccc(OC)cc1)S(=O)(=O)c1ccccc1. The van der Waals surface area contributed by atoms with Crippen molar-refractivity contribution in [3.8, 4) is 5.75 Å². The first-order valence-electron chi connectivity index (χ1n) is 12.9. The molecule has 0 saturated carbocycles. The van der Waals surface area contributed by atoms with Gasteiger partial charge < -0.3 is 15.0 Å². The second kappa shape index (κ2) is 13.3. The molecule has 208 valence electrons. The number of nitrogens with one attached hydrogen (secondary N) is 1. The van der Waals surface area contributed by atoms with E-state index in [1.54, 1.807) is 49.4 Å². The van der Waals surface area contributed by atoms with E-state index in [1.165, 1.54) is 24.1 Å². The lowest BCUT2D eigenvalue weighted by atomic mass is 10.1. The maximum atomic E-state index is 13.9. The number of sulfonamides is 1. The Kier molecular flexibility index (Phi) is 10.1. The van der Waals surface area contributed by atoms with Crippen molar-refractivity contribution in [2.75, 3.05) is 18.0 Å². The molecule has 0 radical (unpaired) electrons. The standard InChI is InChI=1S/C30H37N3O5S/c1-6-23(3)31-30(35)24(4)32(20-25-12-10-11-22(2)19-25)29(34)21-33(26-15-17-27(38-5)18-16-26)39(36,37)28-13-8-7-9-14-28/h7-19,23-24H,6,20-21H2,1-5H3,(H,31,35)/t23-,24-/m0/s1. The predicted molar refractivity (Wildman–Crippen MR) is 153 cm³/mol. The Morgan fingerprint density at radius 3 is 2.21 bits per heavy atom. The molecule has 8 nitrogen and oxygen atoms in total. The fraction of sp³-hybridized carbons (Fsp3) is 0.333. The molecule has 2 amide bonds. The van der Waals surface area contributed by atoms with Crippen LogP contribution in [-0.4, -0.2) is 50.9 Å². The maximum absolute atomic E-state index is 13.9. The summed E-state index contributed by atoms with van der Waals surface area (Å²) in [5, 5.41) is 2.94. The van der Waals surface area contributed by atoms with Crippen LogP contribution in [0.25, 0.3) is 0 Å². The maximum Gasteiger partial charge on any atom is 0.264 e. The summed E-state index contributed by atoms with van der Waals surface area (Å²) in [4.78, 5) is 28.5. The molecule has 1 N–H and O–H groups in total. The largest absolute Gasteiger partial charge is 0.497 e. The van der Waals surface area contributed by atoms with Gasteiger partial charge in [0.2, 0.25) is 11.8 Å². The van der Waals surface area contributed by atoms with Crippen molar-refractivity contribution in [1.29, 1.82) is 0 Å². The molecule has 0 aromatic heterocycles. The third-order valence-electron chi connectivity index (χ3n) is 6.57. The fourth-order valence-electron chi connectivity index (χ4n) is 4.05. The molecule has 3 rings (SSSR count). The number of ether oxygens (including phenoxy) is 1. The van der Waals surface area contributed by atoms with Gasteiger partial charge in [-0.3, -0.25) is 13.9 Å². The number of carbonyl (C=O) groups excluding carboxylic acids is 2. The van der Waals surface area contributed by atoms with E-state index in [1.807, 2.05) is 45.0 Å². The van der Waals surface area contributed by atoms with Crippen LogP contribution >= 0.6 is 0 Å². The lowest BCUT2D eigenvalue weighted by molar-refractivity contribution is -0.139. The van der Waals surface area contributed by atoms with E-state index in [0.29, 0.717) is 11.4 Å². The predicted octanol–water partition coefficient (Wildman–Crippen LogP) is 4.53. The molecule has 0 heterocycles. The summed E-state index contributed by atoms with van der Waals surface area (Å²) in [5.74, 6) is -0.246. The van der Waals surface area contributed by atoms with Crippen molar-refractivity contribution in [1.82, 2.24) is 10.2 Å². The Morgan fingerprint density at radius 2 is 1.62 bits per heavy atom. The van der Waals surface area contributed by atoms with Gasteiger partial charge in [-0.25, -0.2) is 8.42 Å². The minimum atomic E-state index is -4.11. The molecule has 2 atom stereocenters. The molecule has 0 aliphatic heterocycles. The zero-order valence-corrected chi connectivity index (χ0v) is 23.9. The van der Waals surface area contributed by atoms with Crippen molar-refractivity contribution < 1.29 is 22.7 Å². The van der Waals surface area contributed by atoms with E-state index in [-0.39, 0.29) is 23.4 Å². The molecule has 0 bridgehead atoms. The van der Waals surface area contributed by atoms with Gasteiger partial charge in [-0.05, 0) is 69.2 Å². The molecule has 0 spiro atoms. The third kappa shape index (κ3) is 7.60. The van der Waals surface area contributed by atoms with Crippen molar-refractivity contribution >= 4 is 27.5 Å². The highest BCUT2D eigenvalue weighted by atomic mass is 32.2. The Bertz CT molecular complexity index is 1360. The summed E-state index contributed by atoms with van der Waals surface area (Å²) in [6.07, 6.45) is 0.741.